The number of hydrogen-bond acceptors (Lipinski definition) is 4. The molecule has 1 aromatic carbocycles. The molecular weight excluding hydrogens is 268 g/mol. The number of benzene rings is 1. The van der Waals surface area contributed by atoms with Gasteiger partial charge in [0.15, 0.2) is 11.5 Å². The number of rotatable bonds is 3. The Balaban J connectivity index is 1.68. The minimum atomic E-state index is -0.706. The molecule has 5 nitrogen and oxygen atoms in total. The quantitative estimate of drug-likeness (QED) is 0.895. The number of fused-ring (bicyclic) bond motifs is 1. The van der Waals surface area contributed by atoms with Gasteiger partial charge in [-0.05, 0) is 37.5 Å². The summed E-state index contributed by atoms with van der Waals surface area (Å²) < 4.78 is 10.7. The van der Waals surface area contributed by atoms with Crippen molar-refractivity contribution in [2.75, 3.05) is 6.79 Å². The molecule has 0 saturated heterocycles. The topological polar surface area (TPSA) is 73.6 Å². The van der Waals surface area contributed by atoms with Crippen LogP contribution in [0.3, 0.4) is 0 Å². The molecule has 114 valence electrons. The van der Waals surface area contributed by atoms with Gasteiger partial charge in [-0.2, -0.15) is 0 Å². The lowest BCUT2D eigenvalue weighted by Gasteiger charge is -2.33. The van der Waals surface area contributed by atoms with Gasteiger partial charge in [-0.1, -0.05) is 25.3 Å². The number of carbonyl (C=O) groups excluding carboxylic acids is 1. The van der Waals surface area contributed by atoms with E-state index in [1.54, 1.807) is 0 Å². The number of nitrogens with one attached hydrogen (secondary N) is 1. The normalized spacial score (nSPS) is 20.9. The lowest BCUT2D eigenvalue weighted by Crippen LogP contribution is -2.55. The van der Waals surface area contributed by atoms with Crippen LogP contribution in [0.1, 0.15) is 50.6 Å². The van der Waals surface area contributed by atoms with Crippen molar-refractivity contribution in [3.63, 3.8) is 0 Å². The van der Waals surface area contributed by atoms with E-state index in [4.69, 9.17) is 15.2 Å². The van der Waals surface area contributed by atoms with Gasteiger partial charge in [0.2, 0.25) is 12.7 Å². The fourth-order valence-electron chi connectivity index (χ4n) is 3.02. The molecule has 1 saturated carbocycles. The van der Waals surface area contributed by atoms with Crippen molar-refractivity contribution in [3.8, 4) is 11.5 Å². The fraction of sp³-hybridized carbons (Fsp3) is 0.562. The van der Waals surface area contributed by atoms with E-state index in [9.17, 15) is 4.79 Å². The molecule has 3 N–H and O–H groups in total. The summed E-state index contributed by atoms with van der Waals surface area (Å²) in [6, 6.07) is 5.63. The highest BCUT2D eigenvalue weighted by Crippen LogP contribution is 2.34. The minimum absolute atomic E-state index is 0.0487. The number of ether oxygens (including phenoxy) is 2. The second-order valence-electron chi connectivity index (χ2n) is 6.02. The van der Waals surface area contributed by atoms with Crippen LogP contribution in [-0.4, -0.2) is 18.2 Å². The summed E-state index contributed by atoms with van der Waals surface area (Å²) in [4.78, 5) is 12.4. The first-order valence-electron chi connectivity index (χ1n) is 7.58. The summed E-state index contributed by atoms with van der Waals surface area (Å²) in [5.74, 6) is 1.43. The third kappa shape index (κ3) is 2.83. The lowest BCUT2D eigenvalue weighted by atomic mass is 9.81. The zero-order chi connectivity index (χ0) is 14.9. The van der Waals surface area contributed by atoms with E-state index in [1.165, 1.54) is 6.42 Å². The number of amides is 1. The van der Waals surface area contributed by atoms with E-state index in [-0.39, 0.29) is 18.7 Å². The van der Waals surface area contributed by atoms with Crippen LogP contribution in [0.15, 0.2) is 18.2 Å². The van der Waals surface area contributed by atoms with E-state index in [1.807, 2.05) is 25.1 Å². The first kappa shape index (κ1) is 14.2. The summed E-state index contributed by atoms with van der Waals surface area (Å²) in [6.45, 7) is 2.22. The van der Waals surface area contributed by atoms with Gasteiger partial charge < -0.3 is 20.5 Å². The van der Waals surface area contributed by atoms with Crippen LogP contribution < -0.4 is 20.5 Å². The predicted molar refractivity (Wildman–Crippen MR) is 79.1 cm³/mol. The van der Waals surface area contributed by atoms with Gasteiger partial charge in [0.1, 0.15) is 0 Å². The highest BCUT2D eigenvalue weighted by Gasteiger charge is 2.35. The Morgan fingerprint density at radius 3 is 2.71 bits per heavy atom. The molecule has 0 spiro atoms. The first-order valence-corrected chi connectivity index (χ1v) is 7.58. The van der Waals surface area contributed by atoms with E-state index in [2.05, 4.69) is 5.32 Å². The van der Waals surface area contributed by atoms with Crippen LogP contribution in [0, 0.1) is 0 Å². The van der Waals surface area contributed by atoms with Gasteiger partial charge in [0.05, 0.1) is 11.6 Å². The van der Waals surface area contributed by atoms with Gasteiger partial charge in [-0.3, -0.25) is 4.79 Å². The average Bonchev–Trinajstić information content (AvgIpc) is 2.95. The van der Waals surface area contributed by atoms with Crippen LogP contribution in [-0.2, 0) is 4.79 Å². The van der Waals surface area contributed by atoms with Crippen molar-refractivity contribution in [1.29, 1.82) is 0 Å². The summed E-state index contributed by atoms with van der Waals surface area (Å²) >= 11 is 0. The Bertz CT molecular complexity index is 538. The molecule has 1 atom stereocenters. The Morgan fingerprint density at radius 1 is 1.24 bits per heavy atom. The summed E-state index contributed by atoms with van der Waals surface area (Å²) in [5, 5.41) is 3.04. The standard InChI is InChI=1S/C16H22N2O3/c1-11(12-5-6-13-14(9-12)21-10-20-13)18-15(19)16(17)7-3-2-4-8-16/h5-6,9,11H,2-4,7-8,10,17H2,1H3,(H,18,19). The Labute approximate surface area is 124 Å². The Hall–Kier alpha value is -1.75. The maximum atomic E-state index is 12.4. The molecule has 1 heterocycles. The van der Waals surface area contributed by atoms with Gasteiger partial charge in [0, 0.05) is 0 Å². The van der Waals surface area contributed by atoms with Gasteiger partial charge in [-0.25, -0.2) is 0 Å². The molecular formula is C16H22N2O3. The smallest absolute Gasteiger partial charge is 0.240 e. The fourth-order valence-corrected chi connectivity index (χ4v) is 3.02. The van der Waals surface area contributed by atoms with Crippen LogP contribution in [0.25, 0.3) is 0 Å². The van der Waals surface area contributed by atoms with Crippen molar-refractivity contribution in [3.05, 3.63) is 23.8 Å². The summed E-state index contributed by atoms with van der Waals surface area (Å²) in [6.07, 6.45) is 4.77. The zero-order valence-electron chi connectivity index (χ0n) is 12.4. The van der Waals surface area contributed by atoms with Crippen LogP contribution >= 0.6 is 0 Å². The molecule has 1 aliphatic carbocycles. The average molecular weight is 290 g/mol. The highest BCUT2D eigenvalue weighted by molar-refractivity contribution is 5.86. The number of carbonyl (C=O) groups is 1. The van der Waals surface area contributed by atoms with Crippen molar-refractivity contribution < 1.29 is 14.3 Å². The maximum absolute atomic E-state index is 12.4. The van der Waals surface area contributed by atoms with E-state index in [0.29, 0.717) is 0 Å². The molecule has 5 heteroatoms. The molecule has 1 unspecified atom stereocenters. The molecule has 1 aromatic rings. The summed E-state index contributed by atoms with van der Waals surface area (Å²) in [5.41, 5.74) is 6.55. The van der Waals surface area contributed by atoms with Gasteiger partial charge in [0.25, 0.3) is 0 Å². The van der Waals surface area contributed by atoms with Crippen molar-refractivity contribution in [1.82, 2.24) is 5.32 Å². The van der Waals surface area contributed by atoms with Gasteiger partial charge >= 0.3 is 0 Å². The second kappa shape index (κ2) is 5.56. The first-order chi connectivity index (χ1) is 10.1. The second-order valence-corrected chi connectivity index (χ2v) is 6.02. The number of hydrogen-bond donors (Lipinski definition) is 2. The number of nitrogens with two attached hydrogens (primary N) is 1. The van der Waals surface area contributed by atoms with Crippen LogP contribution in [0.2, 0.25) is 0 Å². The Morgan fingerprint density at radius 2 is 1.95 bits per heavy atom. The molecule has 2 aliphatic rings. The molecule has 3 rings (SSSR count). The van der Waals surface area contributed by atoms with Crippen molar-refractivity contribution in [2.45, 2.75) is 50.6 Å². The Kier molecular flexibility index (Phi) is 3.76. The lowest BCUT2D eigenvalue weighted by molar-refractivity contribution is -0.128. The third-order valence-corrected chi connectivity index (χ3v) is 4.44. The van der Waals surface area contributed by atoms with Crippen molar-refractivity contribution in [2.24, 2.45) is 5.73 Å². The van der Waals surface area contributed by atoms with Crippen LogP contribution in [0.4, 0.5) is 0 Å². The van der Waals surface area contributed by atoms with E-state index < -0.39 is 5.54 Å². The molecule has 1 fully saturated rings. The molecule has 21 heavy (non-hydrogen) atoms. The SMILES string of the molecule is CC(NC(=O)C1(N)CCCCC1)c1ccc2c(c1)OCO2. The maximum Gasteiger partial charge on any atom is 0.240 e. The largest absolute Gasteiger partial charge is 0.454 e. The monoisotopic (exact) mass is 290 g/mol. The molecule has 1 amide bonds. The molecule has 0 radical (unpaired) electrons. The third-order valence-electron chi connectivity index (χ3n) is 4.44. The zero-order valence-corrected chi connectivity index (χ0v) is 12.4. The minimum Gasteiger partial charge on any atom is -0.454 e. The molecule has 0 bridgehead atoms. The van der Waals surface area contributed by atoms with Crippen molar-refractivity contribution >= 4 is 5.91 Å². The summed E-state index contributed by atoms with van der Waals surface area (Å²) in [7, 11) is 0. The predicted octanol–water partition coefficient (Wildman–Crippen LogP) is 2.25. The van der Waals surface area contributed by atoms with E-state index >= 15 is 0 Å². The molecule has 0 aromatic heterocycles. The molecule has 1 aliphatic heterocycles. The highest BCUT2D eigenvalue weighted by atomic mass is 16.7. The van der Waals surface area contributed by atoms with E-state index in [0.717, 1.165) is 42.7 Å². The van der Waals surface area contributed by atoms with Crippen LogP contribution in [0.5, 0.6) is 11.5 Å². The van der Waals surface area contributed by atoms with Gasteiger partial charge in [-0.15, -0.1) is 0 Å².